The SMILES string of the molecule is CCc1ccc(CNCC2CN(C(=O)OC(C)(C)C)C2)cc1. The van der Waals surface area contributed by atoms with E-state index in [1.807, 2.05) is 20.8 Å². The van der Waals surface area contributed by atoms with Gasteiger partial charge in [-0.2, -0.15) is 0 Å². The first kappa shape index (κ1) is 16.8. The standard InChI is InChI=1S/C18H28N2O2/c1-5-14-6-8-15(9-7-14)10-19-11-16-12-20(13-16)17(21)22-18(2,3)4/h6-9,16,19H,5,10-13H2,1-4H3. The lowest BCUT2D eigenvalue weighted by atomic mass is 10.0. The summed E-state index contributed by atoms with van der Waals surface area (Å²) in [5.41, 5.74) is 2.27. The van der Waals surface area contributed by atoms with E-state index < -0.39 is 5.60 Å². The van der Waals surface area contributed by atoms with Crippen LogP contribution in [0.5, 0.6) is 0 Å². The number of benzene rings is 1. The molecule has 0 spiro atoms. The number of hydrogen-bond acceptors (Lipinski definition) is 3. The Morgan fingerprint density at radius 1 is 1.23 bits per heavy atom. The second-order valence-corrected chi connectivity index (χ2v) is 7.05. The second kappa shape index (κ2) is 7.14. The van der Waals surface area contributed by atoms with Crippen LogP contribution in [-0.2, 0) is 17.7 Å². The first-order valence-corrected chi connectivity index (χ1v) is 8.14. The number of carbonyl (C=O) groups is 1. The zero-order chi connectivity index (χ0) is 16.2. The number of amides is 1. The molecule has 1 N–H and O–H groups in total. The van der Waals surface area contributed by atoms with Gasteiger partial charge in [0.2, 0.25) is 0 Å². The minimum Gasteiger partial charge on any atom is -0.444 e. The summed E-state index contributed by atoms with van der Waals surface area (Å²) >= 11 is 0. The average Bonchev–Trinajstić information content (AvgIpc) is 2.39. The number of nitrogens with zero attached hydrogens (tertiary/aromatic N) is 1. The molecule has 4 nitrogen and oxygen atoms in total. The zero-order valence-corrected chi connectivity index (χ0v) is 14.2. The van der Waals surface area contributed by atoms with Crippen LogP contribution in [0.2, 0.25) is 0 Å². The Morgan fingerprint density at radius 3 is 2.36 bits per heavy atom. The van der Waals surface area contributed by atoms with Crippen molar-refractivity contribution in [3.63, 3.8) is 0 Å². The monoisotopic (exact) mass is 304 g/mol. The molecule has 0 aliphatic carbocycles. The lowest BCUT2D eigenvalue weighted by Gasteiger charge is -2.39. The van der Waals surface area contributed by atoms with Crippen LogP contribution >= 0.6 is 0 Å². The molecule has 1 aliphatic heterocycles. The fraction of sp³-hybridized carbons (Fsp3) is 0.611. The van der Waals surface area contributed by atoms with Gasteiger partial charge in [-0.15, -0.1) is 0 Å². The summed E-state index contributed by atoms with van der Waals surface area (Å²) in [7, 11) is 0. The molecule has 0 unspecified atom stereocenters. The third-order valence-electron chi connectivity index (χ3n) is 3.80. The molecule has 4 heteroatoms. The number of likely N-dealkylation sites (tertiary alicyclic amines) is 1. The lowest BCUT2D eigenvalue weighted by molar-refractivity contribution is -0.000798. The highest BCUT2D eigenvalue weighted by Gasteiger charge is 2.33. The number of carbonyl (C=O) groups excluding carboxylic acids is 1. The van der Waals surface area contributed by atoms with Crippen LogP contribution in [0.3, 0.4) is 0 Å². The summed E-state index contributed by atoms with van der Waals surface area (Å²) in [6, 6.07) is 8.73. The fourth-order valence-electron chi connectivity index (χ4n) is 2.49. The summed E-state index contributed by atoms with van der Waals surface area (Å²) in [6.07, 6.45) is 0.884. The van der Waals surface area contributed by atoms with Crippen LogP contribution in [0, 0.1) is 5.92 Å². The summed E-state index contributed by atoms with van der Waals surface area (Å²) in [6.45, 7) is 11.3. The van der Waals surface area contributed by atoms with E-state index in [4.69, 9.17) is 4.74 Å². The van der Waals surface area contributed by atoms with Gasteiger partial charge in [-0.3, -0.25) is 0 Å². The maximum atomic E-state index is 11.8. The van der Waals surface area contributed by atoms with E-state index in [1.54, 1.807) is 4.90 Å². The van der Waals surface area contributed by atoms with Gasteiger partial charge in [-0.25, -0.2) is 4.79 Å². The van der Waals surface area contributed by atoms with Gasteiger partial charge in [-0.1, -0.05) is 31.2 Å². The predicted octanol–water partition coefficient (Wildman–Crippen LogP) is 3.21. The quantitative estimate of drug-likeness (QED) is 0.908. The van der Waals surface area contributed by atoms with E-state index in [0.717, 1.165) is 32.6 Å². The third-order valence-corrected chi connectivity index (χ3v) is 3.80. The average molecular weight is 304 g/mol. The zero-order valence-electron chi connectivity index (χ0n) is 14.2. The number of rotatable bonds is 5. The van der Waals surface area contributed by atoms with E-state index in [1.165, 1.54) is 11.1 Å². The normalized spacial score (nSPS) is 15.5. The highest BCUT2D eigenvalue weighted by atomic mass is 16.6. The van der Waals surface area contributed by atoms with Crippen molar-refractivity contribution in [2.24, 2.45) is 5.92 Å². The minimum absolute atomic E-state index is 0.195. The predicted molar refractivity (Wildman–Crippen MR) is 88.8 cm³/mol. The molecule has 0 aromatic heterocycles. The highest BCUT2D eigenvalue weighted by molar-refractivity contribution is 5.69. The minimum atomic E-state index is -0.412. The van der Waals surface area contributed by atoms with Crippen LogP contribution in [0.15, 0.2) is 24.3 Å². The second-order valence-electron chi connectivity index (χ2n) is 7.05. The Labute approximate surface area is 133 Å². The molecule has 1 aliphatic rings. The molecule has 1 amide bonds. The molecule has 1 saturated heterocycles. The van der Waals surface area contributed by atoms with Gasteiger partial charge in [0.1, 0.15) is 5.60 Å². The first-order chi connectivity index (χ1) is 10.4. The molecular weight excluding hydrogens is 276 g/mol. The van der Waals surface area contributed by atoms with Crippen molar-refractivity contribution in [1.29, 1.82) is 0 Å². The highest BCUT2D eigenvalue weighted by Crippen LogP contribution is 2.19. The smallest absolute Gasteiger partial charge is 0.410 e. The van der Waals surface area contributed by atoms with Crippen molar-refractivity contribution < 1.29 is 9.53 Å². The Bertz CT molecular complexity index is 485. The molecule has 1 aromatic rings. The van der Waals surface area contributed by atoms with E-state index in [0.29, 0.717) is 5.92 Å². The Hall–Kier alpha value is -1.55. The van der Waals surface area contributed by atoms with Gasteiger partial charge in [0.15, 0.2) is 0 Å². The maximum absolute atomic E-state index is 11.8. The molecule has 122 valence electrons. The maximum Gasteiger partial charge on any atom is 0.410 e. The number of hydrogen-bond donors (Lipinski definition) is 1. The van der Waals surface area contributed by atoms with Crippen LogP contribution in [0.1, 0.15) is 38.8 Å². The summed E-state index contributed by atoms with van der Waals surface area (Å²) in [4.78, 5) is 13.6. The van der Waals surface area contributed by atoms with E-state index in [-0.39, 0.29) is 6.09 Å². The Balaban J connectivity index is 1.63. The Morgan fingerprint density at radius 2 is 1.82 bits per heavy atom. The van der Waals surface area contributed by atoms with E-state index >= 15 is 0 Å². The topological polar surface area (TPSA) is 41.6 Å². The number of aryl methyl sites for hydroxylation is 1. The molecule has 1 fully saturated rings. The van der Waals surface area contributed by atoms with Crippen LogP contribution in [0.25, 0.3) is 0 Å². The van der Waals surface area contributed by atoms with Gasteiger partial charge in [0, 0.05) is 32.1 Å². The molecule has 0 radical (unpaired) electrons. The molecule has 1 aromatic carbocycles. The summed E-state index contributed by atoms with van der Waals surface area (Å²) < 4.78 is 5.35. The van der Waals surface area contributed by atoms with Crippen LogP contribution in [-0.4, -0.2) is 36.2 Å². The molecule has 22 heavy (non-hydrogen) atoms. The molecular formula is C18H28N2O2. The van der Waals surface area contributed by atoms with Crippen molar-refractivity contribution in [2.75, 3.05) is 19.6 Å². The van der Waals surface area contributed by atoms with Gasteiger partial charge >= 0.3 is 6.09 Å². The largest absolute Gasteiger partial charge is 0.444 e. The Kier molecular flexibility index (Phi) is 5.46. The van der Waals surface area contributed by atoms with Crippen molar-refractivity contribution >= 4 is 6.09 Å². The van der Waals surface area contributed by atoms with Crippen molar-refractivity contribution in [3.8, 4) is 0 Å². The van der Waals surface area contributed by atoms with Gasteiger partial charge in [0.05, 0.1) is 0 Å². The van der Waals surface area contributed by atoms with Crippen LogP contribution < -0.4 is 5.32 Å². The van der Waals surface area contributed by atoms with E-state index in [2.05, 4.69) is 36.5 Å². The molecule has 2 rings (SSSR count). The number of ether oxygens (including phenoxy) is 1. The third kappa shape index (κ3) is 5.02. The van der Waals surface area contributed by atoms with Gasteiger partial charge in [0.25, 0.3) is 0 Å². The molecule has 0 atom stereocenters. The van der Waals surface area contributed by atoms with Gasteiger partial charge < -0.3 is 15.0 Å². The van der Waals surface area contributed by atoms with Crippen LogP contribution in [0.4, 0.5) is 4.79 Å². The molecule has 1 heterocycles. The van der Waals surface area contributed by atoms with E-state index in [9.17, 15) is 4.79 Å². The van der Waals surface area contributed by atoms with Crippen molar-refractivity contribution in [3.05, 3.63) is 35.4 Å². The van der Waals surface area contributed by atoms with Crippen molar-refractivity contribution in [1.82, 2.24) is 10.2 Å². The summed E-state index contributed by atoms with van der Waals surface area (Å²) in [5, 5.41) is 3.47. The van der Waals surface area contributed by atoms with Crippen molar-refractivity contribution in [2.45, 2.75) is 46.3 Å². The van der Waals surface area contributed by atoms with Gasteiger partial charge in [-0.05, 0) is 38.3 Å². The fourth-order valence-corrected chi connectivity index (χ4v) is 2.49. The molecule has 0 bridgehead atoms. The molecule has 0 saturated carbocycles. The lowest BCUT2D eigenvalue weighted by Crippen LogP contribution is -2.54. The number of nitrogens with one attached hydrogen (secondary N) is 1. The first-order valence-electron chi connectivity index (χ1n) is 8.14. The summed E-state index contributed by atoms with van der Waals surface area (Å²) in [5.74, 6) is 0.530.